The summed E-state index contributed by atoms with van der Waals surface area (Å²) in [5.74, 6) is 0. The summed E-state index contributed by atoms with van der Waals surface area (Å²) in [6.07, 6.45) is 0.734. The number of aryl methyl sites for hydroxylation is 1. The van der Waals surface area contributed by atoms with Crippen molar-refractivity contribution < 1.29 is 9.84 Å². The fraction of sp³-hybridized carbons (Fsp3) is 0.538. The van der Waals surface area contributed by atoms with Crippen LogP contribution in [0.1, 0.15) is 37.0 Å². The van der Waals surface area contributed by atoms with Crippen LogP contribution in [0.3, 0.4) is 0 Å². The number of rotatable bonds is 0. The molecule has 2 N–H and O–H groups in total. The third-order valence-corrected chi connectivity index (χ3v) is 3.91. The number of ether oxygens (including phenoxy) is 1. The van der Waals surface area contributed by atoms with E-state index in [1.165, 1.54) is 0 Å². The predicted molar refractivity (Wildman–Crippen MR) is 67.3 cm³/mol. The van der Waals surface area contributed by atoms with Gasteiger partial charge in [-0.25, -0.2) is 0 Å². The van der Waals surface area contributed by atoms with Crippen LogP contribution in [0.4, 0.5) is 5.69 Å². The average molecular weight is 254 g/mol. The second-order valence-corrected chi connectivity index (χ2v) is 5.80. The van der Waals surface area contributed by atoms with Gasteiger partial charge in [0, 0.05) is 34.7 Å². The Balaban J connectivity index is 2.13. The molecular formula is C13H16ClNO2. The SMILES string of the molecule is Cc1cc(Cl)cc2c1N[C@]1(C)C[C@@H](O)O[C@H]2C1. The zero-order valence-electron chi connectivity index (χ0n) is 9.96. The molecule has 1 saturated heterocycles. The Morgan fingerprint density at radius 2 is 2.24 bits per heavy atom. The van der Waals surface area contributed by atoms with Gasteiger partial charge in [-0.3, -0.25) is 0 Å². The van der Waals surface area contributed by atoms with Crippen molar-refractivity contribution in [1.82, 2.24) is 0 Å². The molecule has 0 radical (unpaired) electrons. The molecule has 3 nitrogen and oxygen atoms in total. The highest BCUT2D eigenvalue weighted by atomic mass is 35.5. The second-order valence-electron chi connectivity index (χ2n) is 5.36. The maximum Gasteiger partial charge on any atom is 0.157 e. The van der Waals surface area contributed by atoms with Crippen LogP contribution in [-0.4, -0.2) is 16.9 Å². The number of aliphatic hydroxyl groups excluding tert-OH is 1. The molecule has 3 atom stereocenters. The molecule has 2 bridgehead atoms. The second kappa shape index (κ2) is 3.61. The van der Waals surface area contributed by atoms with Crippen molar-refractivity contribution in [1.29, 1.82) is 0 Å². The van der Waals surface area contributed by atoms with Crippen molar-refractivity contribution in [3.8, 4) is 0 Å². The normalized spacial score (nSPS) is 35.1. The fourth-order valence-electron chi connectivity index (χ4n) is 2.94. The Hall–Kier alpha value is -0.770. The molecule has 0 spiro atoms. The lowest BCUT2D eigenvalue weighted by Gasteiger charge is -2.47. The van der Waals surface area contributed by atoms with E-state index in [0.717, 1.165) is 28.3 Å². The molecule has 2 heterocycles. The minimum Gasteiger partial charge on any atom is -0.379 e. The van der Waals surface area contributed by atoms with Gasteiger partial charge in [0.25, 0.3) is 0 Å². The third-order valence-electron chi connectivity index (χ3n) is 3.69. The summed E-state index contributed by atoms with van der Waals surface area (Å²) < 4.78 is 5.62. The topological polar surface area (TPSA) is 41.5 Å². The van der Waals surface area contributed by atoms with Crippen molar-refractivity contribution in [2.24, 2.45) is 0 Å². The Bertz CT molecular complexity index is 477. The van der Waals surface area contributed by atoms with E-state index in [-0.39, 0.29) is 11.6 Å². The lowest BCUT2D eigenvalue weighted by atomic mass is 9.80. The van der Waals surface area contributed by atoms with Crippen LogP contribution in [-0.2, 0) is 4.74 Å². The first-order valence-corrected chi connectivity index (χ1v) is 6.26. The number of hydrogen-bond acceptors (Lipinski definition) is 3. The Kier molecular flexibility index (Phi) is 2.41. The first kappa shape index (κ1) is 11.3. The monoisotopic (exact) mass is 253 g/mol. The summed E-state index contributed by atoms with van der Waals surface area (Å²) in [4.78, 5) is 0. The minimum atomic E-state index is -0.696. The molecule has 1 aromatic carbocycles. The molecule has 0 saturated carbocycles. The molecule has 0 unspecified atom stereocenters. The summed E-state index contributed by atoms with van der Waals surface area (Å²) in [6, 6.07) is 3.88. The standard InChI is InChI=1S/C13H16ClNO2/c1-7-3-8(14)4-9-10-5-13(2,15-12(7)9)6-11(16)17-10/h3-4,10-11,15-16H,5-6H2,1-2H3/t10-,11-,13-/m0/s1. The van der Waals surface area contributed by atoms with Crippen LogP contribution >= 0.6 is 11.6 Å². The van der Waals surface area contributed by atoms with E-state index in [1.807, 2.05) is 19.1 Å². The van der Waals surface area contributed by atoms with E-state index in [1.54, 1.807) is 0 Å². The maximum atomic E-state index is 9.75. The first-order valence-electron chi connectivity index (χ1n) is 5.89. The van der Waals surface area contributed by atoms with Crippen LogP contribution in [0.25, 0.3) is 0 Å². The summed E-state index contributed by atoms with van der Waals surface area (Å²) in [5.41, 5.74) is 3.21. The number of nitrogens with one attached hydrogen (secondary N) is 1. The minimum absolute atomic E-state index is 0.0580. The van der Waals surface area contributed by atoms with Gasteiger partial charge in [-0.1, -0.05) is 11.6 Å². The summed E-state index contributed by atoms with van der Waals surface area (Å²) >= 11 is 6.08. The number of aliphatic hydroxyl groups is 1. The van der Waals surface area contributed by atoms with E-state index in [2.05, 4.69) is 12.2 Å². The quantitative estimate of drug-likeness (QED) is 0.747. The van der Waals surface area contributed by atoms with Crippen molar-refractivity contribution in [3.05, 3.63) is 28.3 Å². The number of fused-ring (bicyclic) bond motifs is 4. The van der Waals surface area contributed by atoms with Gasteiger partial charge < -0.3 is 15.2 Å². The smallest absolute Gasteiger partial charge is 0.157 e. The number of hydrogen-bond donors (Lipinski definition) is 2. The van der Waals surface area contributed by atoms with Crippen LogP contribution in [0, 0.1) is 6.92 Å². The van der Waals surface area contributed by atoms with E-state index in [0.29, 0.717) is 6.42 Å². The molecule has 2 aliphatic heterocycles. The van der Waals surface area contributed by atoms with E-state index < -0.39 is 6.29 Å². The number of halogens is 1. The van der Waals surface area contributed by atoms with Gasteiger partial charge >= 0.3 is 0 Å². The Labute approximate surface area is 106 Å². The summed E-state index contributed by atoms with van der Waals surface area (Å²) in [5, 5.41) is 14.0. The van der Waals surface area contributed by atoms with Gasteiger partial charge in [0.2, 0.25) is 0 Å². The molecule has 0 amide bonds. The molecule has 92 valence electrons. The molecule has 3 rings (SSSR count). The van der Waals surface area contributed by atoms with Crippen molar-refractivity contribution >= 4 is 17.3 Å². The van der Waals surface area contributed by atoms with Gasteiger partial charge in [0.1, 0.15) is 0 Å². The molecule has 1 aromatic rings. The molecule has 17 heavy (non-hydrogen) atoms. The zero-order chi connectivity index (χ0) is 12.2. The van der Waals surface area contributed by atoms with Crippen molar-refractivity contribution in [2.75, 3.05) is 5.32 Å². The van der Waals surface area contributed by atoms with Gasteiger partial charge in [-0.2, -0.15) is 0 Å². The zero-order valence-corrected chi connectivity index (χ0v) is 10.7. The third kappa shape index (κ3) is 1.82. The molecule has 2 aliphatic rings. The fourth-order valence-corrected chi connectivity index (χ4v) is 3.23. The summed E-state index contributed by atoms with van der Waals surface area (Å²) in [7, 11) is 0. The van der Waals surface area contributed by atoms with Crippen molar-refractivity contribution in [3.63, 3.8) is 0 Å². The van der Waals surface area contributed by atoms with Gasteiger partial charge in [0.15, 0.2) is 6.29 Å². The average Bonchev–Trinajstić information content (AvgIpc) is 2.19. The largest absolute Gasteiger partial charge is 0.379 e. The molecule has 0 aromatic heterocycles. The van der Waals surface area contributed by atoms with Crippen LogP contribution < -0.4 is 5.32 Å². The van der Waals surface area contributed by atoms with Gasteiger partial charge in [0.05, 0.1) is 6.10 Å². The maximum absolute atomic E-state index is 9.75. The lowest BCUT2D eigenvalue weighted by molar-refractivity contribution is -0.181. The van der Waals surface area contributed by atoms with Gasteiger partial charge in [-0.05, 0) is 31.5 Å². The van der Waals surface area contributed by atoms with Crippen LogP contribution in [0.2, 0.25) is 5.02 Å². The molecule has 0 aliphatic carbocycles. The molecular weight excluding hydrogens is 238 g/mol. The number of anilines is 1. The van der Waals surface area contributed by atoms with E-state index in [4.69, 9.17) is 16.3 Å². The molecule has 1 fully saturated rings. The molecule has 4 heteroatoms. The first-order chi connectivity index (χ1) is 7.97. The highest BCUT2D eigenvalue weighted by molar-refractivity contribution is 6.30. The Morgan fingerprint density at radius 1 is 1.47 bits per heavy atom. The lowest BCUT2D eigenvalue weighted by Crippen LogP contribution is -2.48. The predicted octanol–water partition coefficient (Wildman–Crippen LogP) is 3.00. The highest BCUT2D eigenvalue weighted by Gasteiger charge is 2.43. The van der Waals surface area contributed by atoms with E-state index >= 15 is 0 Å². The summed E-state index contributed by atoms with van der Waals surface area (Å²) in [6.45, 7) is 4.17. The van der Waals surface area contributed by atoms with E-state index in [9.17, 15) is 5.11 Å². The number of benzene rings is 1. The van der Waals surface area contributed by atoms with Crippen molar-refractivity contribution in [2.45, 2.75) is 44.6 Å². The van der Waals surface area contributed by atoms with Gasteiger partial charge in [-0.15, -0.1) is 0 Å². The van der Waals surface area contributed by atoms with Crippen LogP contribution in [0.5, 0.6) is 0 Å². The van der Waals surface area contributed by atoms with Crippen LogP contribution in [0.15, 0.2) is 12.1 Å². The highest BCUT2D eigenvalue weighted by Crippen LogP contribution is 2.47. The Morgan fingerprint density at radius 3 is 3.00 bits per heavy atom.